The van der Waals surface area contributed by atoms with Gasteiger partial charge in [0, 0.05) is 11.6 Å². The van der Waals surface area contributed by atoms with Crippen molar-refractivity contribution in [3.05, 3.63) is 83.6 Å². The predicted octanol–water partition coefficient (Wildman–Crippen LogP) is 5.62. The van der Waals surface area contributed by atoms with Crippen molar-refractivity contribution in [3.8, 4) is 17.1 Å². The molecule has 2 aromatic heterocycles. The van der Waals surface area contributed by atoms with E-state index in [2.05, 4.69) is 78.9 Å². The normalized spacial score (nSPS) is 11.1. The molecule has 0 bridgehead atoms. The molecule has 0 saturated carbocycles. The van der Waals surface area contributed by atoms with E-state index in [4.69, 9.17) is 0 Å². The second-order valence-electron chi connectivity index (χ2n) is 6.39. The van der Waals surface area contributed by atoms with Crippen molar-refractivity contribution in [1.82, 2.24) is 9.55 Å². The quantitative estimate of drug-likeness (QED) is 0.470. The van der Waals surface area contributed by atoms with Crippen molar-refractivity contribution >= 4 is 10.9 Å². The van der Waals surface area contributed by atoms with Gasteiger partial charge < -0.3 is 4.57 Å². The molecular formula is C22H20N2. The van der Waals surface area contributed by atoms with E-state index in [0.717, 1.165) is 11.4 Å². The average molecular weight is 312 g/mol. The minimum Gasteiger partial charge on any atom is -0.307 e. The van der Waals surface area contributed by atoms with E-state index in [9.17, 15) is 0 Å². The Bertz CT molecular complexity index is 1000. The number of fused-ring (bicyclic) bond motifs is 1. The zero-order chi connectivity index (χ0) is 16.7. The van der Waals surface area contributed by atoms with Crippen LogP contribution >= 0.6 is 0 Å². The molecule has 0 aliphatic heterocycles. The van der Waals surface area contributed by atoms with Gasteiger partial charge in [-0.25, -0.2) is 0 Å². The smallest absolute Gasteiger partial charge is 0.0870 e. The summed E-state index contributed by atoms with van der Waals surface area (Å²) in [7, 11) is 0. The van der Waals surface area contributed by atoms with Crippen LogP contribution in [0.2, 0.25) is 0 Å². The maximum atomic E-state index is 4.59. The molecule has 0 spiro atoms. The molecule has 2 nitrogen and oxygen atoms in total. The zero-order valence-electron chi connectivity index (χ0n) is 14.2. The van der Waals surface area contributed by atoms with Crippen LogP contribution in [0.25, 0.3) is 28.0 Å². The third-order valence-electron chi connectivity index (χ3n) is 4.50. The van der Waals surface area contributed by atoms with Crippen LogP contribution in [0.3, 0.4) is 0 Å². The van der Waals surface area contributed by atoms with Gasteiger partial charge in [0.15, 0.2) is 0 Å². The number of rotatable bonds is 2. The van der Waals surface area contributed by atoms with Gasteiger partial charge in [0.2, 0.25) is 0 Å². The first-order valence-electron chi connectivity index (χ1n) is 8.25. The summed E-state index contributed by atoms with van der Waals surface area (Å²) in [6, 6.07) is 21.3. The lowest BCUT2D eigenvalue weighted by Gasteiger charge is -2.17. The van der Waals surface area contributed by atoms with E-state index in [1.54, 1.807) is 0 Å². The highest BCUT2D eigenvalue weighted by Crippen LogP contribution is 2.33. The number of hydrogen-bond acceptors (Lipinski definition) is 1. The van der Waals surface area contributed by atoms with E-state index >= 15 is 0 Å². The van der Waals surface area contributed by atoms with Gasteiger partial charge in [0.05, 0.1) is 22.6 Å². The van der Waals surface area contributed by atoms with Gasteiger partial charge in [-0.15, -0.1) is 0 Å². The molecule has 2 aromatic carbocycles. The monoisotopic (exact) mass is 312 g/mol. The number of aryl methyl sites for hydroxylation is 3. The fourth-order valence-electron chi connectivity index (χ4n) is 3.62. The first kappa shape index (κ1) is 14.7. The molecular weight excluding hydrogens is 292 g/mol. The van der Waals surface area contributed by atoms with Gasteiger partial charge in [-0.05, 0) is 56.2 Å². The Balaban J connectivity index is 2.12. The van der Waals surface area contributed by atoms with Crippen molar-refractivity contribution in [2.75, 3.05) is 0 Å². The van der Waals surface area contributed by atoms with Crippen molar-refractivity contribution in [3.63, 3.8) is 0 Å². The summed E-state index contributed by atoms with van der Waals surface area (Å²) in [5.74, 6) is 0. The number of hydrogen-bond donors (Lipinski definition) is 0. The van der Waals surface area contributed by atoms with Gasteiger partial charge in [-0.3, -0.25) is 4.98 Å². The minimum absolute atomic E-state index is 0.994. The van der Waals surface area contributed by atoms with Gasteiger partial charge in [-0.1, -0.05) is 42.0 Å². The summed E-state index contributed by atoms with van der Waals surface area (Å²) >= 11 is 0. The Morgan fingerprint density at radius 1 is 0.792 bits per heavy atom. The van der Waals surface area contributed by atoms with Crippen molar-refractivity contribution in [2.45, 2.75) is 20.8 Å². The summed E-state index contributed by atoms with van der Waals surface area (Å²) in [5, 5.41) is 1.23. The van der Waals surface area contributed by atoms with Crippen molar-refractivity contribution in [1.29, 1.82) is 0 Å². The molecule has 0 fully saturated rings. The largest absolute Gasteiger partial charge is 0.307 e. The average Bonchev–Trinajstić information content (AvgIpc) is 2.94. The van der Waals surface area contributed by atoms with E-state index in [1.165, 1.54) is 33.3 Å². The summed E-state index contributed by atoms with van der Waals surface area (Å²) in [6.07, 6.45) is 1.85. The Kier molecular flexibility index (Phi) is 3.46. The van der Waals surface area contributed by atoms with Crippen LogP contribution in [0.1, 0.15) is 16.7 Å². The number of nitrogens with zero attached hydrogens (tertiary/aromatic N) is 2. The Morgan fingerprint density at radius 3 is 2.21 bits per heavy atom. The summed E-state index contributed by atoms with van der Waals surface area (Å²) in [4.78, 5) is 4.59. The molecule has 118 valence electrons. The van der Waals surface area contributed by atoms with Crippen LogP contribution in [0, 0.1) is 20.8 Å². The molecule has 0 aliphatic carbocycles. The molecule has 4 aromatic rings. The molecule has 24 heavy (non-hydrogen) atoms. The van der Waals surface area contributed by atoms with Crippen LogP contribution in [0.15, 0.2) is 66.9 Å². The van der Waals surface area contributed by atoms with Gasteiger partial charge >= 0.3 is 0 Å². The van der Waals surface area contributed by atoms with E-state index in [-0.39, 0.29) is 0 Å². The van der Waals surface area contributed by atoms with E-state index in [1.807, 2.05) is 18.3 Å². The predicted molar refractivity (Wildman–Crippen MR) is 101 cm³/mol. The van der Waals surface area contributed by atoms with Gasteiger partial charge in [-0.2, -0.15) is 0 Å². The lowest BCUT2D eigenvalue weighted by Crippen LogP contribution is -2.03. The number of aromatic nitrogens is 2. The van der Waals surface area contributed by atoms with Crippen LogP contribution in [0.5, 0.6) is 0 Å². The van der Waals surface area contributed by atoms with Crippen LogP contribution < -0.4 is 0 Å². The highest BCUT2D eigenvalue weighted by molar-refractivity contribution is 5.89. The Labute approximate surface area is 142 Å². The molecule has 0 aliphatic rings. The molecule has 4 rings (SSSR count). The van der Waals surface area contributed by atoms with Crippen LogP contribution in [-0.4, -0.2) is 9.55 Å². The van der Waals surface area contributed by atoms with Gasteiger partial charge in [0.25, 0.3) is 0 Å². The lowest BCUT2D eigenvalue weighted by molar-refractivity contribution is 1.07. The van der Waals surface area contributed by atoms with E-state index < -0.39 is 0 Å². The Hall–Kier alpha value is -2.87. The number of para-hydroxylation sites is 1. The minimum atomic E-state index is 0.994. The standard InChI is InChI=1S/C22H20N2/c1-15-12-16(2)22(17(3)13-15)24-20-10-5-4-8-18(20)14-21(24)19-9-6-7-11-23-19/h4-14H,1-3H3. The number of benzene rings is 2. The Morgan fingerprint density at radius 2 is 1.50 bits per heavy atom. The molecule has 0 atom stereocenters. The molecule has 0 saturated heterocycles. The van der Waals surface area contributed by atoms with Crippen molar-refractivity contribution < 1.29 is 0 Å². The second kappa shape index (κ2) is 5.64. The highest BCUT2D eigenvalue weighted by atomic mass is 15.0. The first-order chi connectivity index (χ1) is 11.6. The first-order valence-corrected chi connectivity index (χ1v) is 8.25. The van der Waals surface area contributed by atoms with Gasteiger partial charge in [0.1, 0.15) is 0 Å². The summed E-state index contributed by atoms with van der Waals surface area (Å²) < 4.78 is 2.35. The van der Waals surface area contributed by atoms with E-state index in [0.29, 0.717) is 0 Å². The lowest BCUT2D eigenvalue weighted by atomic mass is 10.0. The second-order valence-corrected chi connectivity index (χ2v) is 6.39. The SMILES string of the molecule is Cc1cc(C)c(-n2c(-c3ccccn3)cc3ccccc32)c(C)c1. The zero-order valence-corrected chi connectivity index (χ0v) is 14.2. The maximum absolute atomic E-state index is 4.59. The topological polar surface area (TPSA) is 17.8 Å². The maximum Gasteiger partial charge on any atom is 0.0870 e. The molecule has 0 amide bonds. The third-order valence-corrected chi connectivity index (χ3v) is 4.50. The van der Waals surface area contributed by atoms with Crippen molar-refractivity contribution in [2.24, 2.45) is 0 Å². The molecule has 2 heterocycles. The highest BCUT2D eigenvalue weighted by Gasteiger charge is 2.16. The van der Waals surface area contributed by atoms with Crippen LogP contribution in [-0.2, 0) is 0 Å². The molecule has 0 N–H and O–H groups in total. The molecule has 2 heteroatoms. The molecule has 0 radical (unpaired) electrons. The number of pyridine rings is 1. The molecule has 0 unspecified atom stereocenters. The summed E-state index contributed by atoms with van der Waals surface area (Å²) in [6.45, 7) is 6.52. The summed E-state index contributed by atoms with van der Waals surface area (Å²) in [5.41, 5.74) is 8.46. The third kappa shape index (κ3) is 2.31. The fraction of sp³-hybridized carbons (Fsp3) is 0.136. The van der Waals surface area contributed by atoms with Crippen LogP contribution in [0.4, 0.5) is 0 Å². The fourth-order valence-corrected chi connectivity index (χ4v) is 3.62.